The summed E-state index contributed by atoms with van der Waals surface area (Å²) in [6, 6.07) is 0.0501. The third-order valence-corrected chi connectivity index (χ3v) is 3.24. The van der Waals surface area contributed by atoms with Crippen LogP contribution in [0.15, 0.2) is 0 Å². The van der Waals surface area contributed by atoms with E-state index in [4.69, 9.17) is 0 Å². The molecule has 1 aliphatic rings. The van der Waals surface area contributed by atoms with Crippen molar-refractivity contribution in [1.29, 1.82) is 0 Å². The van der Waals surface area contributed by atoms with Gasteiger partial charge in [0.05, 0.1) is 6.10 Å². The van der Waals surface area contributed by atoms with E-state index >= 15 is 0 Å². The van der Waals surface area contributed by atoms with Gasteiger partial charge in [-0.3, -0.25) is 4.79 Å². The highest BCUT2D eigenvalue weighted by molar-refractivity contribution is 5.76. The molecular weight excluding hydrogens is 204 g/mol. The Morgan fingerprint density at radius 2 is 1.94 bits per heavy atom. The van der Waals surface area contributed by atoms with Crippen LogP contribution in [-0.2, 0) is 4.79 Å². The number of carbonyl (C=O) groups is 1. The molecule has 0 bridgehead atoms. The standard InChI is InChI=1S/C12H24N2O2/c1-10(11(2)15)13-7-6-12(16)14-8-4-3-5-9-14/h10-11,13,15H,3-9H2,1-2H3. The third-order valence-electron chi connectivity index (χ3n) is 3.24. The molecular formula is C12H24N2O2. The molecule has 1 amide bonds. The van der Waals surface area contributed by atoms with Crippen LogP contribution < -0.4 is 5.32 Å². The Hall–Kier alpha value is -0.610. The molecule has 0 aromatic rings. The van der Waals surface area contributed by atoms with Crippen molar-refractivity contribution in [3.8, 4) is 0 Å². The van der Waals surface area contributed by atoms with Gasteiger partial charge in [-0.1, -0.05) is 0 Å². The summed E-state index contributed by atoms with van der Waals surface area (Å²) in [4.78, 5) is 13.7. The van der Waals surface area contributed by atoms with Gasteiger partial charge in [0.25, 0.3) is 0 Å². The van der Waals surface area contributed by atoms with Gasteiger partial charge in [0, 0.05) is 32.1 Å². The second-order valence-electron chi connectivity index (χ2n) is 4.67. The van der Waals surface area contributed by atoms with E-state index in [1.807, 2.05) is 11.8 Å². The minimum atomic E-state index is -0.370. The molecule has 2 N–H and O–H groups in total. The monoisotopic (exact) mass is 228 g/mol. The van der Waals surface area contributed by atoms with Crippen LogP contribution in [0.5, 0.6) is 0 Å². The first-order valence-electron chi connectivity index (χ1n) is 6.30. The van der Waals surface area contributed by atoms with Crippen LogP contribution in [-0.4, -0.2) is 47.7 Å². The van der Waals surface area contributed by atoms with E-state index in [1.54, 1.807) is 6.92 Å². The fraction of sp³-hybridized carbons (Fsp3) is 0.917. The zero-order valence-electron chi connectivity index (χ0n) is 10.4. The van der Waals surface area contributed by atoms with Crippen molar-refractivity contribution in [1.82, 2.24) is 10.2 Å². The number of piperidine rings is 1. The molecule has 2 unspecified atom stereocenters. The summed E-state index contributed by atoms with van der Waals surface area (Å²) in [6.45, 7) is 6.18. The van der Waals surface area contributed by atoms with Crippen molar-refractivity contribution in [3.63, 3.8) is 0 Å². The minimum absolute atomic E-state index is 0.0501. The van der Waals surface area contributed by atoms with Crippen LogP contribution in [0.2, 0.25) is 0 Å². The summed E-state index contributed by atoms with van der Waals surface area (Å²) >= 11 is 0. The van der Waals surface area contributed by atoms with Gasteiger partial charge in [-0.2, -0.15) is 0 Å². The molecule has 4 heteroatoms. The predicted molar refractivity (Wildman–Crippen MR) is 64.2 cm³/mol. The van der Waals surface area contributed by atoms with Gasteiger partial charge in [-0.05, 0) is 33.1 Å². The predicted octanol–water partition coefficient (Wildman–Crippen LogP) is 0.748. The van der Waals surface area contributed by atoms with Crippen molar-refractivity contribution < 1.29 is 9.90 Å². The van der Waals surface area contributed by atoms with E-state index in [0.29, 0.717) is 13.0 Å². The summed E-state index contributed by atoms with van der Waals surface area (Å²) in [5.74, 6) is 0.241. The summed E-state index contributed by atoms with van der Waals surface area (Å²) in [5.41, 5.74) is 0. The number of rotatable bonds is 5. The molecule has 1 heterocycles. The second kappa shape index (κ2) is 6.86. The first-order valence-corrected chi connectivity index (χ1v) is 6.30. The zero-order valence-corrected chi connectivity index (χ0v) is 10.4. The maximum Gasteiger partial charge on any atom is 0.223 e. The second-order valence-corrected chi connectivity index (χ2v) is 4.67. The Morgan fingerprint density at radius 1 is 1.31 bits per heavy atom. The molecule has 2 atom stereocenters. The topological polar surface area (TPSA) is 52.6 Å². The van der Waals surface area contributed by atoms with Crippen LogP contribution in [0.25, 0.3) is 0 Å². The SMILES string of the molecule is CC(O)C(C)NCCC(=O)N1CCCCC1. The number of carbonyl (C=O) groups excluding carboxylic acids is 1. The van der Waals surface area contributed by atoms with E-state index in [9.17, 15) is 9.90 Å². The van der Waals surface area contributed by atoms with Crippen molar-refractivity contribution in [2.24, 2.45) is 0 Å². The van der Waals surface area contributed by atoms with Gasteiger partial charge in [-0.15, -0.1) is 0 Å². The van der Waals surface area contributed by atoms with Gasteiger partial charge in [0.1, 0.15) is 0 Å². The quantitative estimate of drug-likeness (QED) is 0.730. The normalized spacial score (nSPS) is 20.6. The summed E-state index contributed by atoms with van der Waals surface area (Å²) in [5, 5.41) is 12.4. The fourth-order valence-corrected chi connectivity index (χ4v) is 1.88. The molecule has 0 saturated carbocycles. The molecule has 0 radical (unpaired) electrons. The first kappa shape index (κ1) is 13.5. The number of hydrogen-bond donors (Lipinski definition) is 2. The summed E-state index contributed by atoms with van der Waals surface area (Å²) < 4.78 is 0. The number of nitrogens with one attached hydrogen (secondary N) is 1. The van der Waals surface area contributed by atoms with Gasteiger partial charge in [0.15, 0.2) is 0 Å². The molecule has 94 valence electrons. The fourth-order valence-electron chi connectivity index (χ4n) is 1.88. The lowest BCUT2D eigenvalue weighted by molar-refractivity contribution is -0.132. The lowest BCUT2D eigenvalue weighted by Crippen LogP contribution is -2.40. The highest BCUT2D eigenvalue weighted by Gasteiger charge is 2.16. The lowest BCUT2D eigenvalue weighted by atomic mass is 10.1. The highest BCUT2D eigenvalue weighted by Crippen LogP contribution is 2.09. The summed E-state index contributed by atoms with van der Waals surface area (Å²) in [7, 11) is 0. The van der Waals surface area contributed by atoms with Crippen molar-refractivity contribution >= 4 is 5.91 Å². The van der Waals surface area contributed by atoms with Crippen LogP contribution in [0.1, 0.15) is 39.5 Å². The Balaban J connectivity index is 2.14. The number of nitrogens with zero attached hydrogens (tertiary/aromatic N) is 1. The van der Waals surface area contributed by atoms with E-state index in [-0.39, 0.29) is 18.1 Å². The molecule has 1 fully saturated rings. The van der Waals surface area contributed by atoms with Crippen LogP contribution >= 0.6 is 0 Å². The van der Waals surface area contributed by atoms with Crippen molar-refractivity contribution in [2.75, 3.05) is 19.6 Å². The molecule has 0 aromatic heterocycles. The van der Waals surface area contributed by atoms with Gasteiger partial charge < -0.3 is 15.3 Å². The van der Waals surface area contributed by atoms with Gasteiger partial charge in [-0.25, -0.2) is 0 Å². The molecule has 1 saturated heterocycles. The average molecular weight is 228 g/mol. The number of aliphatic hydroxyl groups excluding tert-OH is 1. The molecule has 1 rings (SSSR count). The molecule has 16 heavy (non-hydrogen) atoms. The maximum absolute atomic E-state index is 11.8. The lowest BCUT2D eigenvalue weighted by Gasteiger charge is -2.27. The van der Waals surface area contributed by atoms with Gasteiger partial charge in [0.2, 0.25) is 5.91 Å². The Bertz CT molecular complexity index is 213. The van der Waals surface area contributed by atoms with Crippen molar-refractivity contribution in [3.05, 3.63) is 0 Å². The highest BCUT2D eigenvalue weighted by atomic mass is 16.3. The Morgan fingerprint density at radius 3 is 2.50 bits per heavy atom. The molecule has 4 nitrogen and oxygen atoms in total. The first-order chi connectivity index (χ1) is 7.61. The maximum atomic E-state index is 11.8. The van der Waals surface area contributed by atoms with Crippen LogP contribution in [0.3, 0.4) is 0 Å². The third kappa shape index (κ3) is 4.49. The van der Waals surface area contributed by atoms with Crippen LogP contribution in [0.4, 0.5) is 0 Å². The van der Waals surface area contributed by atoms with E-state index in [2.05, 4.69) is 5.32 Å². The summed E-state index contributed by atoms with van der Waals surface area (Å²) in [6.07, 6.45) is 3.70. The average Bonchev–Trinajstić information content (AvgIpc) is 2.29. The van der Waals surface area contributed by atoms with E-state index in [1.165, 1.54) is 6.42 Å². The minimum Gasteiger partial charge on any atom is -0.392 e. The Labute approximate surface area is 98.0 Å². The molecule has 0 aliphatic carbocycles. The smallest absolute Gasteiger partial charge is 0.223 e. The number of hydrogen-bond acceptors (Lipinski definition) is 3. The molecule has 1 aliphatic heterocycles. The number of aliphatic hydroxyl groups is 1. The van der Waals surface area contributed by atoms with E-state index < -0.39 is 0 Å². The number of likely N-dealkylation sites (tertiary alicyclic amines) is 1. The number of amides is 1. The van der Waals surface area contributed by atoms with Gasteiger partial charge >= 0.3 is 0 Å². The van der Waals surface area contributed by atoms with E-state index in [0.717, 1.165) is 25.9 Å². The molecule has 0 aromatic carbocycles. The molecule has 0 spiro atoms. The zero-order chi connectivity index (χ0) is 12.0. The van der Waals surface area contributed by atoms with Crippen LogP contribution in [0, 0.1) is 0 Å². The largest absolute Gasteiger partial charge is 0.392 e. The Kier molecular flexibility index (Phi) is 5.77. The van der Waals surface area contributed by atoms with Crippen molar-refractivity contribution in [2.45, 2.75) is 51.7 Å².